The van der Waals surface area contributed by atoms with Crippen LogP contribution in [0.4, 0.5) is 0 Å². The van der Waals surface area contributed by atoms with Crippen LogP contribution in [-0.4, -0.2) is 13.2 Å². The summed E-state index contributed by atoms with van der Waals surface area (Å²) >= 11 is 0. The maximum atomic E-state index is 11.2. The van der Waals surface area contributed by atoms with Crippen molar-refractivity contribution < 1.29 is 13.6 Å². The average molecular weight is 250 g/mol. The summed E-state index contributed by atoms with van der Waals surface area (Å²) in [5, 5.41) is 0. The second-order valence-corrected chi connectivity index (χ2v) is 5.15. The Morgan fingerprint density at radius 1 is 0.750 bits per heavy atom. The van der Waals surface area contributed by atoms with Gasteiger partial charge < -0.3 is 9.05 Å². The third-order valence-electron chi connectivity index (χ3n) is 2.44. The van der Waals surface area contributed by atoms with E-state index >= 15 is 0 Å². The van der Waals surface area contributed by atoms with Gasteiger partial charge in [-0.05, 0) is 12.8 Å². The summed E-state index contributed by atoms with van der Waals surface area (Å²) in [7, 11) is -2.21. The smallest absolute Gasteiger partial charge is 0.311 e. The fourth-order valence-corrected chi connectivity index (χ4v) is 2.12. The van der Waals surface area contributed by atoms with Gasteiger partial charge in [-0.15, -0.1) is 0 Å². The van der Waals surface area contributed by atoms with Gasteiger partial charge in [0.05, 0.1) is 13.2 Å². The van der Waals surface area contributed by atoms with Crippen LogP contribution >= 0.6 is 8.25 Å². The van der Waals surface area contributed by atoms with E-state index in [0.717, 1.165) is 25.7 Å². The first-order valence-corrected chi connectivity index (χ1v) is 7.83. The highest BCUT2D eigenvalue weighted by Crippen LogP contribution is 2.24. The molecular formula is C12H27O3P. The van der Waals surface area contributed by atoms with Crippen molar-refractivity contribution in [1.29, 1.82) is 0 Å². The predicted octanol–water partition coefficient (Wildman–Crippen LogP) is 4.57. The summed E-state index contributed by atoms with van der Waals surface area (Å²) in [6.45, 7) is 5.48. The lowest BCUT2D eigenvalue weighted by Gasteiger charge is -2.05. The Bertz CT molecular complexity index is 162. The first kappa shape index (κ1) is 16.1. The maximum absolute atomic E-state index is 11.2. The summed E-state index contributed by atoms with van der Waals surface area (Å²) in [5.74, 6) is 0. The molecular weight excluding hydrogens is 223 g/mol. The summed E-state index contributed by atoms with van der Waals surface area (Å²) in [5.41, 5.74) is 0. The van der Waals surface area contributed by atoms with Crippen molar-refractivity contribution in [3.05, 3.63) is 0 Å². The molecule has 0 heterocycles. The van der Waals surface area contributed by atoms with E-state index in [-0.39, 0.29) is 0 Å². The molecule has 0 rings (SSSR count). The Kier molecular flexibility index (Phi) is 13.3. The number of hydrogen-bond acceptors (Lipinski definition) is 3. The summed E-state index contributed by atoms with van der Waals surface area (Å²) in [6, 6.07) is 0. The normalized spacial score (nSPS) is 12.9. The van der Waals surface area contributed by atoms with Gasteiger partial charge in [0, 0.05) is 0 Å². The zero-order valence-corrected chi connectivity index (χ0v) is 11.8. The molecule has 3 nitrogen and oxygen atoms in total. The molecule has 0 aliphatic rings. The first-order valence-electron chi connectivity index (χ1n) is 6.60. The van der Waals surface area contributed by atoms with Gasteiger partial charge >= 0.3 is 8.25 Å². The second kappa shape index (κ2) is 13.2. The van der Waals surface area contributed by atoms with Crippen molar-refractivity contribution in [1.82, 2.24) is 0 Å². The highest BCUT2D eigenvalue weighted by atomic mass is 31.1. The van der Waals surface area contributed by atoms with Gasteiger partial charge in [-0.3, -0.25) is 4.57 Å². The quantitative estimate of drug-likeness (QED) is 0.376. The van der Waals surface area contributed by atoms with Crippen molar-refractivity contribution in [3.63, 3.8) is 0 Å². The fourth-order valence-electron chi connectivity index (χ4n) is 1.41. The van der Waals surface area contributed by atoms with E-state index in [1.807, 2.05) is 0 Å². The highest BCUT2D eigenvalue weighted by molar-refractivity contribution is 7.33. The van der Waals surface area contributed by atoms with Crippen molar-refractivity contribution in [2.45, 2.75) is 65.2 Å². The highest BCUT2D eigenvalue weighted by Gasteiger charge is 1.99. The first-order chi connectivity index (χ1) is 7.81. The van der Waals surface area contributed by atoms with E-state index in [2.05, 4.69) is 13.8 Å². The van der Waals surface area contributed by atoms with E-state index in [4.69, 9.17) is 9.05 Å². The minimum atomic E-state index is -2.21. The number of unbranched alkanes of at least 4 members (excludes halogenated alkanes) is 6. The molecule has 0 aromatic rings. The molecule has 0 aliphatic carbocycles. The molecule has 0 saturated heterocycles. The lowest BCUT2D eigenvalue weighted by atomic mass is 10.2. The molecule has 0 fully saturated rings. The zero-order valence-electron chi connectivity index (χ0n) is 10.8. The Morgan fingerprint density at radius 3 is 1.75 bits per heavy atom. The van der Waals surface area contributed by atoms with Gasteiger partial charge in [0.1, 0.15) is 0 Å². The van der Waals surface area contributed by atoms with Crippen LogP contribution in [-0.2, 0) is 13.6 Å². The number of hydrogen-bond donors (Lipinski definition) is 0. The molecule has 4 heteroatoms. The molecule has 0 aromatic carbocycles. The molecule has 0 N–H and O–H groups in total. The third-order valence-corrected chi connectivity index (χ3v) is 3.32. The largest absolute Gasteiger partial charge is 0.319 e. The molecule has 16 heavy (non-hydrogen) atoms. The third kappa shape index (κ3) is 12.2. The van der Waals surface area contributed by atoms with Crippen LogP contribution in [0, 0.1) is 0 Å². The van der Waals surface area contributed by atoms with Crippen molar-refractivity contribution in [3.8, 4) is 0 Å². The van der Waals surface area contributed by atoms with Gasteiger partial charge in [-0.1, -0.05) is 52.4 Å². The van der Waals surface area contributed by atoms with Crippen LogP contribution in [0.1, 0.15) is 65.2 Å². The van der Waals surface area contributed by atoms with Gasteiger partial charge in [0.2, 0.25) is 0 Å². The monoisotopic (exact) mass is 250 g/mol. The molecule has 0 radical (unpaired) electrons. The fraction of sp³-hybridized carbons (Fsp3) is 1.00. The summed E-state index contributed by atoms with van der Waals surface area (Å²) in [4.78, 5) is 0. The lowest BCUT2D eigenvalue weighted by Crippen LogP contribution is -1.91. The Hall–Kier alpha value is 0.150. The van der Waals surface area contributed by atoms with E-state index in [1.54, 1.807) is 0 Å². The molecule has 0 aliphatic heterocycles. The molecule has 0 amide bonds. The van der Waals surface area contributed by atoms with Crippen molar-refractivity contribution in [2.75, 3.05) is 13.2 Å². The zero-order chi connectivity index (χ0) is 12.1. The lowest BCUT2D eigenvalue weighted by molar-refractivity contribution is 0.218. The minimum absolute atomic E-state index is 0.571. The van der Waals surface area contributed by atoms with E-state index in [0.29, 0.717) is 13.2 Å². The topological polar surface area (TPSA) is 35.5 Å². The Labute approximate surface area is 101 Å². The van der Waals surface area contributed by atoms with Crippen molar-refractivity contribution in [2.24, 2.45) is 0 Å². The average Bonchev–Trinajstić information content (AvgIpc) is 2.29. The molecule has 1 atom stereocenters. The van der Waals surface area contributed by atoms with Gasteiger partial charge in [-0.2, -0.15) is 0 Å². The van der Waals surface area contributed by atoms with E-state index in [9.17, 15) is 4.57 Å². The molecule has 0 bridgehead atoms. The molecule has 98 valence electrons. The van der Waals surface area contributed by atoms with Gasteiger partial charge in [-0.25, -0.2) is 0 Å². The van der Waals surface area contributed by atoms with Crippen LogP contribution in [0.2, 0.25) is 0 Å². The molecule has 0 spiro atoms. The van der Waals surface area contributed by atoms with Gasteiger partial charge in [0.25, 0.3) is 0 Å². The van der Waals surface area contributed by atoms with Crippen LogP contribution in [0.25, 0.3) is 0 Å². The molecule has 0 saturated carbocycles. The number of rotatable bonds is 12. The van der Waals surface area contributed by atoms with E-state index < -0.39 is 8.25 Å². The summed E-state index contributed by atoms with van der Waals surface area (Å²) in [6.07, 6.45) is 9.20. The minimum Gasteiger partial charge on any atom is -0.311 e. The van der Waals surface area contributed by atoms with Crippen LogP contribution < -0.4 is 0 Å². The second-order valence-electron chi connectivity index (χ2n) is 4.07. The maximum Gasteiger partial charge on any atom is 0.319 e. The van der Waals surface area contributed by atoms with Crippen LogP contribution in [0.15, 0.2) is 0 Å². The standard InChI is InChI=1S/C12H27O3P/c1-3-5-7-8-10-12-15-16(13)14-11-9-6-4-2/h16H,3-12H2,1-2H3. The Balaban J connectivity index is 3.11. The predicted molar refractivity (Wildman–Crippen MR) is 69.2 cm³/mol. The van der Waals surface area contributed by atoms with Crippen molar-refractivity contribution >= 4 is 8.25 Å². The SMILES string of the molecule is CCCCCCCO[PH](=O)OCCCCC. The van der Waals surface area contributed by atoms with E-state index in [1.165, 1.54) is 25.7 Å². The Morgan fingerprint density at radius 2 is 1.19 bits per heavy atom. The molecule has 0 aromatic heterocycles. The van der Waals surface area contributed by atoms with Crippen LogP contribution in [0.5, 0.6) is 0 Å². The summed E-state index contributed by atoms with van der Waals surface area (Å²) < 4.78 is 21.5. The molecule has 1 unspecified atom stereocenters. The van der Waals surface area contributed by atoms with Gasteiger partial charge in [0.15, 0.2) is 0 Å². The van der Waals surface area contributed by atoms with Crippen LogP contribution in [0.3, 0.4) is 0 Å².